The van der Waals surface area contributed by atoms with Crippen LogP contribution >= 0.6 is 0 Å². The largest absolute Gasteiger partial charge is 0.474 e. The van der Waals surface area contributed by atoms with Crippen LogP contribution in [0.1, 0.15) is 34.1 Å². The van der Waals surface area contributed by atoms with Gasteiger partial charge in [0.1, 0.15) is 5.60 Å². The zero-order valence-corrected chi connectivity index (χ0v) is 11.9. The molecule has 19 heavy (non-hydrogen) atoms. The fourth-order valence-electron chi connectivity index (χ4n) is 1.33. The van der Waals surface area contributed by atoms with Crippen LogP contribution in [0.5, 0.6) is 0 Å². The van der Waals surface area contributed by atoms with E-state index < -0.39 is 23.6 Å². The molecule has 0 heterocycles. The molecule has 0 aliphatic rings. The van der Waals surface area contributed by atoms with E-state index in [2.05, 4.69) is 5.32 Å². The highest BCUT2D eigenvalue weighted by Gasteiger charge is 2.20. The second-order valence-corrected chi connectivity index (χ2v) is 5.03. The molecule has 2 amide bonds. The number of hydrogen-bond acceptors (Lipinski definition) is 4. The number of rotatable bonds is 5. The minimum absolute atomic E-state index is 0.137. The molecule has 0 atom stereocenters. The van der Waals surface area contributed by atoms with Crippen LogP contribution in [0.4, 0.5) is 4.79 Å². The minimum atomic E-state index is -1.49. The average Bonchev–Trinajstić information content (AvgIpc) is 2.24. The van der Waals surface area contributed by atoms with Crippen molar-refractivity contribution in [1.82, 2.24) is 10.2 Å². The highest BCUT2D eigenvalue weighted by Crippen LogP contribution is 2.06. The highest BCUT2D eigenvalue weighted by molar-refractivity contribution is 6.31. The van der Waals surface area contributed by atoms with Gasteiger partial charge in [-0.2, -0.15) is 0 Å². The third kappa shape index (κ3) is 8.01. The molecule has 7 heteroatoms. The first-order valence-corrected chi connectivity index (χ1v) is 6.16. The zero-order valence-electron chi connectivity index (χ0n) is 11.9. The van der Waals surface area contributed by atoms with Crippen molar-refractivity contribution in [2.24, 2.45) is 0 Å². The summed E-state index contributed by atoms with van der Waals surface area (Å²) in [6.07, 6.45) is 0.0533. The summed E-state index contributed by atoms with van der Waals surface area (Å²) in [5.74, 6) is -2.46. The van der Waals surface area contributed by atoms with Crippen LogP contribution in [0.3, 0.4) is 0 Å². The minimum Gasteiger partial charge on any atom is -0.474 e. The fourth-order valence-corrected chi connectivity index (χ4v) is 1.33. The molecule has 0 saturated heterocycles. The molecule has 0 rings (SSSR count). The fraction of sp³-hybridized carbons (Fsp3) is 0.750. The van der Waals surface area contributed by atoms with Gasteiger partial charge in [-0.15, -0.1) is 0 Å². The Morgan fingerprint density at radius 3 is 2.21 bits per heavy atom. The van der Waals surface area contributed by atoms with E-state index in [1.165, 1.54) is 4.90 Å². The van der Waals surface area contributed by atoms with Gasteiger partial charge < -0.3 is 20.1 Å². The molecule has 0 aromatic heterocycles. The molecule has 110 valence electrons. The second kappa shape index (κ2) is 7.60. The second-order valence-electron chi connectivity index (χ2n) is 5.03. The lowest BCUT2D eigenvalue weighted by atomic mass is 10.2. The van der Waals surface area contributed by atoms with E-state index in [4.69, 9.17) is 9.84 Å². The van der Waals surface area contributed by atoms with Crippen LogP contribution in [-0.4, -0.2) is 53.2 Å². The quantitative estimate of drug-likeness (QED) is 0.724. The number of nitrogens with one attached hydrogen (secondary N) is 1. The van der Waals surface area contributed by atoms with E-state index in [-0.39, 0.29) is 13.1 Å². The Hall–Kier alpha value is -1.79. The Morgan fingerprint density at radius 1 is 1.21 bits per heavy atom. The van der Waals surface area contributed by atoms with Crippen LogP contribution in [0.2, 0.25) is 0 Å². The summed E-state index contributed by atoms with van der Waals surface area (Å²) in [7, 11) is 0. The first-order chi connectivity index (χ1) is 8.67. The maximum atomic E-state index is 11.3. The molecule has 0 unspecified atom stereocenters. The summed E-state index contributed by atoms with van der Waals surface area (Å²) in [5.41, 5.74) is -0.593. The number of carbonyl (C=O) groups is 3. The highest BCUT2D eigenvalue weighted by atomic mass is 16.6. The van der Waals surface area contributed by atoms with E-state index in [0.717, 1.165) is 0 Å². The topological polar surface area (TPSA) is 95.9 Å². The molecule has 0 spiro atoms. The lowest BCUT2D eigenvalue weighted by Gasteiger charge is -2.22. The summed E-state index contributed by atoms with van der Waals surface area (Å²) in [4.78, 5) is 34.4. The van der Waals surface area contributed by atoms with Gasteiger partial charge >= 0.3 is 18.0 Å². The molecule has 0 aromatic carbocycles. The Labute approximate surface area is 112 Å². The number of alkyl carbamates (subject to hydrolysis) is 1. The van der Waals surface area contributed by atoms with Crippen molar-refractivity contribution in [2.45, 2.75) is 39.7 Å². The van der Waals surface area contributed by atoms with Crippen molar-refractivity contribution < 1.29 is 24.2 Å². The van der Waals surface area contributed by atoms with E-state index in [1.54, 1.807) is 20.8 Å². The first-order valence-electron chi connectivity index (χ1n) is 6.16. The first kappa shape index (κ1) is 17.2. The van der Waals surface area contributed by atoms with Crippen molar-refractivity contribution in [3.8, 4) is 0 Å². The van der Waals surface area contributed by atoms with Crippen molar-refractivity contribution in [3.63, 3.8) is 0 Å². The standard InChI is InChI=1S/C12H22N2O5/c1-5-7-14(9(15)10(16)17)8-6-13-11(18)19-12(2,3)4/h5-8H2,1-4H3,(H,13,18)(H,16,17). The molecule has 2 N–H and O–H groups in total. The van der Waals surface area contributed by atoms with Crippen LogP contribution in [0.15, 0.2) is 0 Å². The maximum absolute atomic E-state index is 11.3. The lowest BCUT2D eigenvalue weighted by Crippen LogP contribution is -2.43. The molecule has 0 aromatic rings. The van der Waals surface area contributed by atoms with Crippen LogP contribution in [-0.2, 0) is 14.3 Å². The van der Waals surface area contributed by atoms with Gasteiger partial charge in [-0.1, -0.05) is 6.92 Å². The Bertz CT molecular complexity index is 336. The summed E-state index contributed by atoms with van der Waals surface area (Å²) >= 11 is 0. The van der Waals surface area contributed by atoms with Gasteiger partial charge in [-0.05, 0) is 27.2 Å². The number of carboxylic acid groups (broad SMARTS) is 1. The van der Waals surface area contributed by atoms with Gasteiger partial charge in [0, 0.05) is 19.6 Å². The van der Waals surface area contributed by atoms with Crippen molar-refractivity contribution in [2.75, 3.05) is 19.6 Å². The number of aliphatic carboxylic acids is 1. The van der Waals surface area contributed by atoms with Gasteiger partial charge in [0.15, 0.2) is 0 Å². The average molecular weight is 274 g/mol. The van der Waals surface area contributed by atoms with Crippen LogP contribution in [0.25, 0.3) is 0 Å². The Balaban J connectivity index is 4.17. The Morgan fingerprint density at radius 2 is 1.79 bits per heavy atom. The number of carboxylic acids is 1. The predicted octanol–water partition coefficient (Wildman–Crippen LogP) is 0.834. The van der Waals surface area contributed by atoms with Gasteiger partial charge in [-0.3, -0.25) is 4.79 Å². The van der Waals surface area contributed by atoms with Crippen LogP contribution in [0, 0.1) is 0 Å². The normalized spacial score (nSPS) is 10.7. The molecular weight excluding hydrogens is 252 g/mol. The molecular formula is C12H22N2O5. The number of ether oxygens (including phenoxy) is 1. The van der Waals surface area contributed by atoms with E-state index in [0.29, 0.717) is 13.0 Å². The van der Waals surface area contributed by atoms with Gasteiger partial charge in [-0.25, -0.2) is 9.59 Å². The SMILES string of the molecule is CCCN(CCNC(=O)OC(C)(C)C)C(=O)C(=O)O. The molecule has 0 aliphatic heterocycles. The molecule has 0 fully saturated rings. The summed E-state index contributed by atoms with van der Waals surface area (Å²) in [6, 6.07) is 0. The summed E-state index contributed by atoms with van der Waals surface area (Å²) in [6.45, 7) is 7.68. The predicted molar refractivity (Wildman–Crippen MR) is 68.7 cm³/mol. The number of nitrogens with zero attached hydrogens (tertiary/aromatic N) is 1. The van der Waals surface area contributed by atoms with Gasteiger partial charge in [0.2, 0.25) is 0 Å². The number of amides is 2. The molecule has 0 aliphatic carbocycles. The van der Waals surface area contributed by atoms with Crippen LogP contribution < -0.4 is 5.32 Å². The number of carbonyl (C=O) groups excluding carboxylic acids is 2. The summed E-state index contributed by atoms with van der Waals surface area (Å²) in [5, 5.41) is 11.1. The van der Waals surface area contributed by atoms with E-state index >= 15 is 0 Å². The van der Waals surface area contributed by atoms with Gasteiger partial charge in [0.25, 0.3) is 0 Å². The molecule has 0 saturated carbocycles. The lowest BCUT2D eigenvalue weighted by molar-refractivity contribution is -0.155. The monoisotopic (exact) mass is 274 g/mol. The van der Waals surface area contributed by atoms with Gasteiger partial charge in [0.05, 0.1) is 0 Å². The third-order valence-corrected chi connectivity index (χ3v) is 2.01. The van der Waals surface area contributed by atoms with E-state index in [9.17, 15) is 14.4 Å². The number of hydrogen-bond donors (Lipinski definition) is 2. The Kier molecular flexibility index (Phi) is 6.89. The van der Waals surface area contributed by atoms with Crippen molar-refractivity contribution in [3.05, 3.63) is 0 Å². The molecule has 0 bridgehead atoms. The van der Waals surface area contributed by atoms with Crippen molar-refractivity contribution >= 4 is 18.0 Å². The third-order valence-electron chi connectivity index (χ3n) is 2.01. The molecule has 7 nitrogen and oxygen atoms in total. The zero-order chi connectivity index (χ0) is 15.1. The molecule has 0 radical (unpaired) electrons. The maximum Gasteiger partial charge on any atom is 0.407 e. The summed E-state index contributed by atoms with van der Waals surface area (Å²) < 4.78 is 5.02. The smallest absolute Gasteiger partial charge is 0.407 e. The van der Waals surface area contributed by atoms with Crippen molar-refractivity contribution in [1.29, 1.82) is 0 Å². The van der Waals surface area contributed by atoms with E-state index in [1.807, 2.05) is 6.92 Å².